The largest absolute Gasteiger partial charge is 0.454 e. The first-order valence-corrected chi connectivity index (χ1v) is 11.1. The number of carbonyl (C=O) groups excluding carboxylic acids is 3. The van der Waals surface area contributed by atoms with Crippen molar-refractivity contribution in [1.82, 2.24) is 4.57 Å². The summed E-state index contributed by atoms with van der Waals surface area (Å²) in [5.74, 6) is -1.57. The highest BCUT2D eigenvalue weighted by Crippen LogP contribution is 2.25. The molecule has 0 radical (unpaired) electrons. The number of alkyl halides is 2. The highest BCUT2D eigenvalue weighted by Gasteiger charge is 2.20. The minimum Gasteiger partial charge on any atom is -0.454 e. The van der Waals surface area contributed by atoms with Gasteiger partial charge in [-0.3, -0.25) is 9.59 Å². The zero-order chi connectivity index (χ0) is 24.8. The number of primary amides is 1. The Morgan fingerprint density at radius 2 is 1.71 bits per heavy atom. The molecular formula is C24H22F2N2O5S. The molecule has 0 atom stereocenters. The number of aromatic nitrogens is 1. The van der Waals surface area contributed by atoms with E-state index in [0.29, 0.717) is 21.8 Å². The van der Waals surface area contributed by atoms with E-state index in [-0.39, 0.29) is 17.1 Å². The Hall–Kier alpha value is -3.66. The maximum Gasteiger partial charge on any atom is 0.387 e. The molecule has 0 aliphatic rings. The number of halogens is 2. The van der Waals surface area contributed by atoms with Crippen molar-refractivity contribution in [3.8, 4) is 11.4 Å². The number of ether oxygens (including phenoxy) is 2. The molecule has 1 heterocycles. The highest BCUT2D eigenvalue weighted by atomic mass is 32.2. The third-order valence-corrected chi connectivity index (χ3v) is 5.96. The second-order valence-electron chi connectivity index (χ2n) is 7.24. The van der Waals surface area contributed by atoms with Crippen molar-refractivity contribution in [2.45, 2.75) is 25.4 Å². The smallest absolute Gasteiger partial charge is 0.387 e. The lowest BCUT2D eigenvalue weighted by atomic mass is 10.1. The number of thioether (sulfide) groups is 1. The maximum absolute atomic E-state index is 12.8. The van der Waals surface area contributed by atoms with Gasteiger partial charge in [-0.05, 0) is 56.3 Å². The number of esters is 1. The van der Waals surface area contributed by atoms with Gasteiger partial charge in [-0.2, -0.15) is 8.78 Å². The quantitative estimate of drug-likeness (QED) is 0.259. The van der Waals surface area contributed by atoms with Crippen LogP contribution in [0.4, 0.5) is 8.78 Å². The van der Waals surface area contributed by atoms with Crippen LogP contribution in [0.1, 0.15) is 32.1 Å². The summed E-state index contributed by atoms with van der Waals surface area (Å²) in [5.41, 5.74) is 7.78. The molecule has 0 aliphatic carbocycles. The van der Waals surface area contributed by atoms with E-state index >= 15 is 0 Å². The van der Waals surface area contributed by atoms with Crippen LogP contribution < -0.4 is 10.5 Å². The first-order valence-electron chi connectivity index (χ1n) is 10.1. The van der Waals surface area contributed by atoms with E-state index in [4.69, 9.17) is 10.5 Å². The number of hydrogen-bond donors (Lipinski definition) is 1. The van der Waals surface area contributed by atoms with Gasteiger partial charge in [-0.25, -0.2) is 4.79 Å². The first-order chi connectivity index (χ1) is 16.2. The number of amides is 1. The van der Waals surface area contributed by atoms with Gasteiger partial charge < -0.3 is 19.8 Å². The minimum absolute atomic E-state index is 0.00442. The van der Waals surface area contributed by atoms with Crippen LogP contribution in [-0.4, -0.2) is 41.2 Å². The van der Waals surface area contributed by atoms with Gasteiger partial charge in [-0.1, -0.05) is 12.1 Å². The van der Waals surface area contributed by atoms with Crippen LogP contribution in [0.5, 0.6) is 5.75 Å². The summed E-state index contributed by atoms with van der Waals surface area (Å²) in [5, 5.41) is 0. The summed E-state index contributed by atoms with van der Waals surface area (Å²) in [6.07, 6.45) is 0. The number of ketones is 1. The third kappa shape index (κ3) is 6.02. The number of carbonyl (C=O) groups is 3. The zero-order valence-corrected chi connectivity index (χ0v) is 19.2. The number of rotatable bonds is 10. The summed E-state index contributed by atoms with van der Waals surface area (Å²) >= 11 is 1.11. The fourth-order valence-corrected chi connectivity index (χ4v) is 4.20. The van der Waals surface area contributed by atoms with Gasteiger partial charge in [0.05, 0.1) is 11.3 Å². The second-order valence-corrected chi connectivity index (χ2v) is 8.26. The van der Waals surface area contributed by atoms with E-state index in [1.54, 1.807) is 60.9 Å². The summed E-state index contributed by atoms with van der Waals surface area (Å²) in [4.78, 5) is 36.9. The zero-order valence-electron chi connectivity index (χ0n) is 18.4. The van der Waals surface area contributed by atoms with Crippen LogP contribution >= 0.6 is 11.8 Å². The Balaban J connectivity index is 1.72. The topological polar surface area (TPSA) is 101 Å². The Bertz CT molecular complexity index is 1210. The highest BCUT2D eigenvalue weighted by molar-refractivity contribution is 8.00. The lowest BCUT2D eigenvalue weighted by molar-refractivity contribution is -0.115. The molecular weight excluding hydrogens is 466 g/mol. The SMILES string of the molecule is Cc1cc(C(=O)COC(=O)c2ccccc2SCC(N)=O)c(C)n1-c1ccc(OC(F)F)cc1. The normalized spacial score (nSPS) is 10.9. The molecule has 1 aromatic heterocycles. The molecule has 10 heteroatoms. The van der Waals surface area contributed by atoms with E-state index in [0.717, 1.165) is 17.5 Å². The number of nitrogens with zero attached hydrogens (tertiary/aromatic N) is 1. The van der Waals surface area contributed by atoms with E-state index in [2.05, 4.69) is 4.74 Å². The van der Waals surface area contributed by atoms with Crippen LogP contribution in [0, 0.1) is 13.8 Å². The maximum atomic E-state index is 12.8. The number of hydrogen-bond acceptors (Lipinski definition) is 6. The van der Waals surface area contributed by atoms with Crippen molar-refractivity contribution in [3.05, 3.63) is 77.1 Å². The van der Waals surface area contributed by atoms with Crippen molar-refractivity contribution in [1.29, 1.82) is 0 Å². The summed E-state index contributed by atoms with van der Waals surface area (Å²) in [6.45, 7) is 0.146. The van der Waals surface area contributed by atoms with E-state index in [1.807, 2.05) is 0 Å². The van der Waals surface area contributed by atoms with E-state index in [9.17, 15) is 23.2 Å². The molecule has 3 rings (SSSR count). The molecule has 1 amide bonds. The average molecular weight is 489 g/mol. The number of Topliss-reactive ketones (excluding diaryl/α,β-unsaturated/α-hetero) is 1. The van der Waals surface area contributed by atoms with Crippen LogP contribution in [0.15, 0.2) is 59.5 Å². The lowest BCUT2D eigenvalue weighted by Crippen LogP contribution is -2.16. The van der Waals surface area contributed by atoms with Gasteiger partial charge in [0.1, 0.15) is 5.75 Å². The molecule has 0 saturated heterocycles. The Morgan fingerprint density at radius 3 is 2.35 bits per heavy atom. The molecule has 0 fully saturated rings. The number of nitrogens with two attached hydrogens (primary N) is 1. The molecule has 7 nitrogen and oxygen atoms in total. The monoisotopic (exact) mass is 488 g/mol. The van der Waals surface area contributed by atoms with Crippen LogP contribution in [0.3, 0.4) is 0 Å². The van der Waals surface area contributed by atoms with Crippen LogP contribution in [0.2, 0.25) is 0 Å². The minimum atomic E-state index is -2.92. The van der Waals surface area contributed by atoms with E-state index in [1.165, 1.54) is 12.1 Å². The molecule has 0 spiro atoms. The molecule has 0 bridgehead atoms. The van der Waals surface area contributed by atoms with Crippen molar-refractivity contribution in [2.75, 3.05) is 12.4 Å². The molecule has 0 aliphatic heterocycles. The number of benzene rings is 2. The molecule has 0 saturated carbocycles. The van der Waals surface area contributed by atoms with Crippen molar-refractivity contribution in [3.63, 3.8) is 0 Å². The second kappa shape index (κ2) is 11.0. The van der Waals surface area contributed by atoms with Gasteiger partial charge in [-0.15, -0.1) is 11.8 Å². The molecule has 34 heavy (non-hydrogen) atoms. The Morgan fingerprint density at radius 1 is 1.03 bits per heavy atom. The van der Waals surface area contributed by atoms with Gasteiger partial charge >= 0.3 is 12.6 Å². The molecule has 3 aromatic rings. The van der Waals surface area contributed by atoms with Crippen LogP contribution in [-0.2, 0) is 9.53 Å². The van der Waals surface area contributed by atoms with Crippen molar-refractivity contribution in [2.24, 2.45) is 5.73 Å². The van der Waals surface area contributed by atoms with Crippen LogP contribution in [0.25, 0.3) is 5.69 Å². The summed E-state index contributed by atoms with van der Waals surface area (Å²) in [7, 11) is 0. The molecule has 0 unspecified atom stereocenters. The Kier molecular flexibility index (Phi) is 8.06. The molecule has 178 valence electrons. The average Bonchev–Trinajstić information content (AvgIpc) is 3.10. The predicted octanol–water partition coefficient (Wildman–Crippen LogP) is 4.31. The number of aryl methyl sites for hydroxylation is 1. The van der Waals surface area contributed by atoms with Gasteiger partial charge in [0.25, 0.3) is 0 Å². The van der Waals surface area contributed by atoms with Crippen molar-refractivity contribution < 1.29 is 32.6 Å². The van der Waals surface area contributed by atoms with Crippen molar-refractivity contribution >= 4 is 29.4 Å². The summed E-state index contributed by atoms with van der Waals surface area (Å²) in [6, 6.07) is 14.3. The standard InChI is InChI=1S/C24H22F2N2O5S/c1-14-11-19(15(2)28(14)16-7-9-17(10-8-16)33-24(25)26)20(29)12-32-23(31)18-5-3-4-6-21(18)34-13-22(27)30/h3-11,24H,12-13H2,1-2H3,(H2,27,30). The van der Waals surface area contributed by atoms with Gasteiger partial charge in [0.15, 0.2) is 6.61 Å². The van der Waals surface area contributed by atoms with E-state index < -0.39 is 30.9 Å². The molecule has 2 aromatic carbocycles. The fourth-order valence-electron chi connectivity index (χ4n) is 3.42. The Labute approximate surface area is 198 Å². The fraction of sp³-hybridized carbons (Fsp3) is 0.208. The van der Waals surface area contributed by atoms with Gasteiger partial charge in [0, 0.05) is 27.5 Å². The first kappa shape index (κ1) is 25.0. The third-order valence-electron chi connectivity index (χ3n) is 4.86. The predicted molar refractivity (Wildman–Crippen MR) is 123 cm³/mol. The lowest BCUT2D eigenvalue weighted by Gasteiger charge is -2.11. The van der Waals surface area contributed by atoms with Gasteiger partial charge in [0.2, 0.25) is 11.7 Å². The molecule has 2 N–H and O–H groups in total. The summed E-state index contributed by atoms with van der Waals surface area (Å²) < 4.78 is 36.1.